The number of aryl methyl sites for hydroxylation is 1. The van der Waals surface area contributed by atoms with Crippen molar-refractivity contribution in [3.05, 3.63) is 33.5 Å². The zero-order valence-electron chi connectivity index (χ0n) is 9.47. The molecule has 0 radical (unpaired) electrons. The number of hydrogen-bond donors (Lipinski definition) is 1. The van der Waals surface area contributed by atoms with Gasteiger partial charge in [-0.05, 0) is 38.8 Å². The summed E-state index contributed by atoms with van der Waals surface area (Å²) >= 11 is 3.30. The molecule has 0 heterocycles. The molecule has 0 spiro atoms. The number of carboxylic acids is 1. The van der Waals surface area contributed by atoms with Gasteiger partial charge in [0, 0.05) is 10.0 Å². The van der Waals surface area contributed by atoms with E-state index in [9.17, 15) is 9.18 Å². The molecular weight excluding hydrogens is 275 g/mol. The van der Waals surface area contributed by atoms with E-state index in [2.05, 4.69) is 15.9 Å². The second-order valence-corrected chi connectivity index (χ2v) is 5.32. The fourth-order valence-electron chi connectivity index (χ4n) is 1.39. The number of aliphatic carboxylic acids is 1. The van der Waals surface area contributed by atoms with Gasteiger partial charge in [0.05, 0.1) is 5.41 Å². The van der Waals surface area contributed by atoms with E-state index in [1.54, 1.807) is 19.9 Å². The van der Waals surface area contributed by atoms with E-state index in [0.717, 1.165) is 5.56 Å². The number of carbonyl (C=O) groups is 1. The van der Waals surface area contributed by atoms with Gasteiger partial charge in [-0.15, -0.1) is 0 Å². The Morgan fingerprint density at radius 1 is 1.50 bits per heavy atom. The second-order valence-electron chi connectivity index (χ2n) is 4.52. The maximum atomic E-state index is 13.6. The number of hydrogen-bond acceptors (Lipinski definition) is 1. The molecule has 0 aliphatic rings. The lowest BCUT2D eigenvalue weighted by Gasteiger charge is -2.20. The minimum Gasteiger partial charge on any atom is -0.481 e. The molecule has 88 valence electrons. The molecule has 1 N–H and O–H groups in total. The molecule has 0 fully saturated rings. The minimum atomic E-state index is -0.975. The van der Waals surface area contributed by atoms with Crippen molar-refractivity contribution in [3.8, 4) is 0 Å². The maximum absolute atomic E-state index is 13.6. The molecule has 1 aromatic carbocycles. The summed E-state index contributed by atoms with van der Waals surface area (Å²) in [6.45, 7) is 5.02. The van der Waals surface area contributed by atoms with Gasteiger partial charge in [0.25, 0.3) is 0 Å². The van der Waals surface area contributed by atoms with Crippen LogP contribution in [0, 0.1) is 18.2 Å². The predicted octanol–water partition coefficient (Wildman–Crippen LogP) is 3.55. The van der Waals surface area contributed by atoms with Crippen LogP contribution in [0.3, 0.4) is 0 Å². The van der Waals surface area contributed by atoms with Crippen molar-refractivity contribution in [2.75, 3.05) is 0 Å². The lowest BCUT2D eigenvalue weighted by atomic mass is 9.85. The zero-order chi connectivity index (χ0) is 12.5. The highest BCUT2D eigenvalue weighted by Gasteiger charge is 2.29. The van der Waals surface area contributed by atoms with E-state index >= 15 is 0 Å². The number of halogens is 2. The first kappa shape index (κ1) is 13.2. The van der Waals surface area contributed by atoms with Crippen molar-refractivity contribution in [2.24, 2.45) is 5.41 Å². The van der Waals surface area contributed by atoms with Crippen molar-refractivity contribution >= 4 is 21.9 Å². The van der Waals surface area contributed by atoms with Crippen LogP contribution in [0.25, 0.3) is 0 Å². The molecule has 4 heteroatoms. The molecule has 1 aromatic rings. The van der Waals surface area contributed by atoms with E-state index in [1.807, 2.05) is 6.92 Å². The average molecular weight is 289 g/mol. The third kappa shape index (κ3) is 2.61. The van der Waals surface area contributed by atoms with E-state index in [4.69, 9.17) is 5.11 Å². The highest BCUT2D eigenvalue weighted by molar-refractivity contribution is 9.10. The first-order valence-corrected chi connectivity index (χ1v) is 5.72. The van der Waals surface area contributed by atoms with Crippen molar-refractivity contribution in [1.82, 2.24) is 0 Å². The van der Waals surface area contributed by atoms with Gasteiger partial charge in [-0.25, -0.2) is 4.39 Å². The van der Waals surface area contributed by atoms with Crippen LogP contribution in [-0.2, 0) is 11.2 Å². The molecule has 0 amide bonds. The summed E-state index contributed by atoms with van der Waals surface area (Å²) in [5.41, 5.74) is 0.349. The van der Waals surface area contributed by atoms with Crippen LogP contribution in [0.4, 0.5) is 4.39 Å². The molecule has 0 aliphatic carbocycles. The summed E-state index contributed by atoms with van der Waals surface area (Å²) in [6, 6.07) is 3.03. The molecular formula is C12H14BrFO2. The van der Waals surface area contributed by atoms with Gasteiger partial charge in [0.1, 0.15) is 5.82 Å². The van der Waals surface area contributed by atoms with Crippen molar-refractivity contribution in [3.63, 3.8) is 0 Å². The number of benzene rings is 1. The van der Waals surface area contributed by atoms with Gasteiger partial charge < -0.3 is 5.11 Å². The average Bonchev–Trinajstić information content (AvgIpc) is 2.18. The fraction of sp³-hybridized carbons (Fsp3) is 0.417. The molecule has 0 atom stereocenters. The van der Waals surface area contributed by atoms with Crippen LogP contribution in [-0.4, -0.2) is 11.1 Å². The highest BCUT2D eigenvalue weighted by Crippen LogP contribution is 2.30. The van der Waals surface area contributed by atoms with Gasteiger partial charge >= 0.3 is 5.97 Å². The van der Waals surface area contributed by atoms with E-state index in [0.29, 0.717) is 10.0 Å². The van der Waals surface area contributed by atoms with Crippen LogP contribution in [0.1, 0.15) is 25.0 Å². The number of rotatable bonds is 3. The molecule has 1 rings (SSSR count). The van der Waals surface area contributed by atoms with Gasteiger partial charge in [-0.2, -0.15) is 0 Å². The minimum absolute atomic E-state index is 0.163. The fourth-order valence-corrected chi connectivity index (χ4v) is 1.86. The lowest BCUT2D eigenvalue weighted by molar-refractivity contribution is -0.146. The van der Waals surface area contributed by atoms with Crippen LogP contribution >= 0.6 is 15.9 Å². The summed E-state index contributed by atoms with van der Waals surface area (Å²) in [7, 11) is 0. The van der Waals surface area contributed by atoms with Gasteiger partial charge in [-0.1, -0.05) is 22.0 Å². The van der Waals surface area contributed by atoms with Crippen LogP contribution in [0.5, 0.6) is 0 Å². The van der Waals surface area contributed by atoms with Gasteiger partial charge in [0.15, 0.2) is 0 Å². The third-order valence-corrected chi connectivity index (χ3v) is 3.68. The van der Waals surface area contributed by atoms with Crippen molar-refractivity contribution in [2.45, 2.75) is 27.2 Å². The quantitative estimate of drug-likeness (QED) is 0.924. The van der Waals surface area contributed by atoms with Crippen LogP contribution in [0.15, 0.2) is 16.6 Å². The Bertz CT molecular complexity index is 427. The van der Waals surface area contributed by atoms with Gasteiger partial charge in [-0.3, -0.25) is 4.79 Å². The van der Waals surface area contributed by atoms with E-state index in [-0.39, 0.29) is 12.2 Å². The smallest absolute Gasteiger partial charge is 0.309 e. The Balaban J connectivity index is 3.15. The molecule has 0 unspecified atom stereocenters. The summed E-state index contributed by atoms with van der Waals surface area (Å²) in [5.74, 6) is -1.30. The summed E-state index contributed by atoms with van der Waals surface area (Å²) in [4.78, 5) is 11.0. The molecule has 0 aromatic heterocycles. The lowest BCUT2D eigenvalue weighted by Crippen LogP contribution is -2.26. The zero-order valence-corrected chi connectivity index (χ0v) is 11.1. The van der Waals surface area contributed by atoms with E-state index < -0.39 is 11.4 Å². The molecule has 16 heavy (non-hydrogen) atoms. The first-order chi connectivity index (χ1) is 7.25. The Hall–Kier alpha value is -0.900. The SMILES string of the molecule is Cc1ccc(F)c(CC(C)(C)C(=O)O)c1Br. The van der Waals surface area contributed by atoms with Crippen molar-refractivity contribution in [1.29, 1.82) is 0 Å². The van der Waals surface area contributed by atoms with Crippen LogP contribution < -0.4 is 0 Å². The van der Waals surface area contributed by atoms with Crippen LogP contribution in [0.2, 0.25) is 0 Å². The topological polar surface area (TPSA) is 37.3 Å². The Morgan fingerprint density at radius 3 is 2.56 bits per heavy atom. The van der Waals surface area contributed by atoms with E-state index in [1.165, 1.54) is 6.07 Å². The summed E-state index contributed by atoms with van der Waals surface area (Å²) < 4.78 is 14.3. The Morgan fingerprint density at radius 2 is 2.06 bits per heavy atom. The predicted molar refractivity (Wildman–Crippen MR) is 64.0 cm³/mol. The monoisotopic (exact) mass is 288 g/mol. The third-order valence-electron chi connectivity index (χ3n) is 2.58. The largest absolute Gasteiger partial charge is 0.481 e. The molecule has 0 saturated carbocycles. The van der Waals surface area contributed by atoms with Crippen molar-refractivity contribution < 1.29 is 14.3 Å². The number of carboxylic acid groups (broad SMARTS) is 1. The highest BCUT2D eigenvalue weighted by atomic mass is 79.9. The molecule has 0 bridgehead atoms. The Labute approximate surface area is 103 Å². The standard InChI is InChI=1S/C12H14BrFO2/c1-7-4-5-9(14)8(10(7)13)6-12(2,3)11(15)16/h4-5H,6H2,1-3H3,(H,15,16). The Kier molecular flexibility index (Phi) is 3.73. The normalized spacial score (nSPS) is 11.6. The first-order valence-electron chi connectivity index (χ1n) is 4.92. The molecule has 0 aliphatic heterocycles. The summed E-state index contributed by atoms with van der Waals surface area (Å²) in [5, 5.41) is 9.02. The molecule has 2 nitrogen and oxygen atoms in total. The second kappa shape index (κ2) is 4.53. The molecule has 0 saturated heterocycles. The summed E-state index contributed by atoms with van der Waals surface area (Å²) in [6.07, 6.45) is 0.163. The van der Waals surface area contributed by atoms with Gasteiger partial charge in [0.2, 0.25) is 0 Å². The maximum Gasteiger partial charge on any atom is 0.309 e.